The number of rotatable bonds is 6. The van der Waals surface area contributed by atoms with Gasteiger partial charge in [0.2, 0.25) is 5.69 Å². The molecule has 0 aliphatic heterocycles. The van der Waals surface area contributed by atoms with Crippen molar-refractivity contribution in [3.8, 4) is 0 Å². The Morgan fingerprint density at radius 1 is 1.45 bits per heavy atom. The molecule has 0 aliphatic carbocycles. The first kappa shape index (κ1) is 11.9. The Morgan fingerprint density at radius 2 is 2.09 bits per heavy atom. The van der Waals surface area contributed by atoms with E-state index in [1.165, 1.54) is 20.0 Å². The van der Waals surface area contributed by atoms with Crippen LogP contribution in [-0.4, -0.2) is 13.7 Å². The molecule has 0 bridgehead atoms. The summed E-state index contributed by atoms with van der Waals surface area (Å²) in [6.45, 7) is 2.82. The van der Waals surface area contributed by atoms with Gasteiger partial charge in [-0.05, 0) is 18.2 Å². The fraction of sp³-hybridized carbons (Fsp3) is 1.00. The third-order valence-electron chi connectivity index (χ3n) is 1.23. The molecule has 5 heteroatoms. The number of hydrogen-bond acceptors (Lipinski definition) is 3. The van der Waals surface area contributed by atoms with Crippen molar-refractivity contribution in [3.05, 3.63) is 0 Å². The molecule has 0 radical (unpaired) electrons. The van der Waals surface area contributed by atoms with E-state index in [-0.39, 0.29) is 0 Å². The highest BCUT2D eigenvalue weighted by atomic mass is 32.9. The molecule has 0 saturated carbocycles. The Morgan fingerprint density at radius 3 is 2.55 bits per heavy atom. The van der Waals surface area contributed by atoms with Crippen molar-refractivity contribution in [2.75, 3.05) is 13.7 Å². The molecule has 0 heterocycles. The lowest BCUT2D eigenvalue weighted by atomic mass is 10.3. The second-order valence-corrected chi connectivity index (χ2v) is 7.59. The molecule has 0 aromatic rings. The summed E-state index contributed by atoms with van der Waals surface area (Å²) >= 11 is 9.00. The molecular weight excluding hydrogens is 199 g/mol. The van der Waals surface area contributed by atoms with Crippen molar-refractivity contribution in [2.24, 2.45) is 0 Å². The highest BCUT2D eigenvalue weighted by Crippen LogP contribution is 2.52. The summed E-state index contributed by atoms with van der Waals surface area (Å²) in [6, 6.07) is 0. The fourth-order valence-electron chi connectivity index (χ4n) is 0.585. The van der Waals surface area contributed by atoms with Crippen LogP contribution in [-0.2, 0) is 20.9 Å². The maximum absolute atomic E-state index is 5.25. The van der Waals surface area contributed by atoms with E-state index >= 15 is 0 Å². The summed E-state index contributed by atoms with van der Waals surface area (Å²) in [5.74, 6) is 0. The van der Waals surface area contributed by atoms with Gasteiger partial charge in [-0.15, -0.1) is 0 Å². The van der Waals surface area contributed by atoms with E-state index in [9.17, 15) is 0 Å². The molecule has 1 unspecified atom stereocenters. The first-order chi connectivity index (χ1) is 5.12. The van der Waals surface area contributed by atoms with Crippen molar-refractivity contribution in [2.45, 2.75) is 26.2 Å². The van der Waals surface area contributed by atoms with Gasteiger partial charge >= 0.3 is 0 Å². The average Bonchev–Trinajstić information content (AvgIpc) is 1.99. The average molecular weight is 214 g/mol. The van der Waals surface area contributed by atoms with Crippen LogP contribution in [0.2, 0.25) is 0 Å². The van der Waals surface area contributed by atoms with Crippen LogP contribution in [0.4, 0.5) is 0 Å². The molecule has 0 rings (SSSR count). The third-order valence-corrected chi connectivity index (χ3v) is 3.80. The second-order valence-electron chi connectivity index (χ2n) is 2.19. The second kappa shape index (κ2) is 6.44. The highest BCUT2D eigenvalue weighted by Gasteiger charge is 2.08. The topological polar surface area (TPSA) is 18.5 Å². The molecule has 0 saturated heterocycles. The van der Waals surface area contributed by atoms with E-state index in [2.05, 4.69) is 19.2 Å². The number of unbranched alkanes of at least 4 members (excludes halogenated alkanes) is 2. The summed E-state index contributed by atoms with van der Waals surface area (Å²) in [4.78, 5) is 0. The van der Waals surface area contributed by atoms with E-state index < -0.39 is 5.69 Å². The van der Waals surface area contributed by atoms with Gasteiger partial charge in [0.1, 0.15) is 0 Å². The SMILES string of the molecule is CCCCCOP(=S)(S)OC. The van der Waals surface area contributed by atoms with E-state index in [0.29, 0.717) is 6.61 Å². The quantitative estimate of drug-likeness (QED) is 0.416. The van der Waals surface area contributed by atoms with Crippen LogP contribution < -0.4 is 0 Å². The maximum Gasteiger partial charge on any atom is 0.244 e. The van der Waals surface area contributed by atoms with Gasteiger partial charge in [0.05, 0.1) is 6.61 Å². The molecule has 1 atom stereocenters. The van der Waals surface area contributed by atoms with Gasteiger partial charge in [-0.25, -0.2) is 0 Å². The molecule has 0 spiro atoms. The molecule has 0 N–H and O–H groups in total. The summed E-state index contributed by atoms with van der Waals surface area (Å²) < 4.78 is 10.1. The Hall–Kier alpha value is 0.920. The van der Waals surface area contributed by atoms with Gasteiger partial charge < -0.3 is 9.05 Å². The Kier molecular flexibility index (Phi) is 6.98. The van der Waals surface area contributed by atoms with Crippen LogP contribution in [0.3, 0.4) is 0 Å². The van der Waals surface area contributed by atoms with Gasteiger partial charge in [0, 0.05) is 7.11 Å². The number of thiol groups is 1. The molecule has 0 fully saturated rings. The van der Waals surface area contributed by atoms with E-state index in [4.69, 9.17) is 20.9 Å². The molecular formula is C6H15O2PS2. The maximum atomic E-state index is 5.25. The highest BCUT2D eigenvalue weighted by molar-refractivity contribution is 8.60. The van der Waals surface area contributed by atoms with Crippen LogP contribution >= 0.6 is 17.9 Å². The van der Waals surface area contributed by atoms with Crippen molar-refractivity contribution in [1.82, 2.24) is 0 Å². The van der Waals surface area contributed by atoms with Crippen LogP contribution in [0.15, 0.2) is 0 Å². The normalized spacial score (nSPS) is 16.3. The van der Waals surface area contributed by atoms with Gasteiger partial charge in [0.15, 0.2) is 0 Å². The molecule has 0 aliphatic rings. The lowest BCUT2D eigenvalue weighted by Crippen LogP contribution is -1.90. The largest absolute Gasteiger partial charge is 0.325 e. The zero-order chi connectivity index (χ0) is 8.74. The Bertz CT molecular complexity index is 141. The van der Waals surface area contributed by atoms with Crippen LogP contribution in [0.5, 0.6) is 0 Å². The van der Waals surface area contributed by atoms with Crippen LogP contribution in [0.25, 0.3) is 0 Å². The van der Waals surface area contributed by atoms with Gasteiger partial charge in [-0.2, -0.15) is 0 Å². The summed E-state index contributed by atoms with van der Waals surface area (Å²) in [5.41, 5.74) is -2.19. The molecule has 0 aromatic heterocycles. The fourth-order valence-corrected chi connectivity index (χ4v) is 1.52. The first-order valence-electron chi connectivity index (χ1n) is 3.65. The van der Waals surface area contributed by atoms with Gasteiger partial charge in [-0.3, -0.25) is 0 Å². The lowest BCUT2D eigenvalue weighted by molar-refractivity contribution is 0.287. The monoisotopic (exact) mass is 214 g/mol. The number of hydrogen-bond donors (Lipinski definition) is 1. The standard InChI is InChI=1S/C6H15O2PS2/c1-3-4-5-6-8-9(10,11)7-2/h3-6H2,1-2H3,(H,10,11). The Labute approximate surface area is 79.0 Å². The van der Waals surface area contributed by atoms with Crippen LogP contribution in [0, 0.1) is 0 Å². The lowest BCUT2D eigenvalue weighted by Gasteiger charge is -2.12. The third kappa shape index (κ3) is 7.29. The zero-order valence-corrected chi connectivity index (χ0v) is 9.55. The van der Waals surface area contributed by atoms with Crippen LogP contribution in [0.1, 0.15) is 26.2 Å². The summed E-state index contributed by atoms with van der Waals surface area (Å²) in [7, 11) is 1.54. The molecule has 11 heavy (non-hydrogen) atoms. The summed E-state index contributed by atoms with van der Waals surface area (Å²) in [6.07, 6.45) is 3.40. The van der Waals surface area contributed by atoms with E-state index in [0.717, 1.165) is 6.42 Å². The van der Waals surface area contributed by atoms with Crippen molar-refractivity contribution < 1.29 is 9.05 Å². The smallest absolute Gasteiger partial charge is 0.244 e. The predicted molar refractivity (Wildman–Crippen MR) is 55.8 cm³/mol. The first-order valence-corrected chi connectivity index (χ1v) is 7.44. The zero-order valence-electron chi connectivity index (χ0n) is 6.95. The van der Waals surface area contributed by atoms with Gasteiger partial charge in [-0.1, -0.05) is 32.0 Å². The van der Waals surface area contributed by atoms with Crippen molar-refractivity contribution in [3.63, 3.8) is 0 Å². The van der Waals surface area contributed by atoms with E-state index in [1.807, 2.05) is 0 Å². The molecule has 68 valence electrons. The van der Waals surface area contributed by atoms with Gasteiger partial charge in [0.25, 0.3) is 0 Å². The minimum Gasteiger partial charge on any atom is -0.325 e. The van der Waals surface area contributed by atoms with Crippen molar-refractivity contribution in [1.29, 1.82) is 0 Å². The minimum absolute atomic E-state index is 0.669. The predicted octanol–water partition coefficient (Wildman–Crippen LogP) is 2.99. The Balaban J connectivity index is 3.31. The van der Waals surface area contributed by atoms with Crippen molar-refractivity contribution >= 4 is 29.7 Å². The summed E-state index contributed by atoms with van der Waals surface area (Å²) in [5, 5.41) is 0. The molecule has 0 aromatic carbocycles. The van der Waals surface area contributed by atoms with E-state index in [1.54, 1.807) is 0 Å². The molecule has 0 amide bonds. The molecule has 2 nitrogen and oxygen atoms in total. The minimum atomic E-state index is -2.19.